The fourth-order valence-corrected chi connectivity index (χ4v) is 4.42. The predicted molar refractivity (Wildman–Crippen MR) is 95.1 cm³/mol. The highest BCUT2D eigenvalue weighted by Gasteiger charge is 2.23. The number of nitrogens with zero attached hydrogens (tertiary/aromatic N) is 4. The van der Waals surface area contributed by atoms with E-state index in [4.69, 9.17) is 23.2 Å². The molecule has 1 aromatic carbocycles. The van der Waals surface area contributed by atoms with Crippen molar-refractivity contribution >= 4 is 51.3 Å². The second-order valence-corrected chi connectivity index (χ2v) is 8.52. The van der Waals surface area contributed by atoms with Crippen molar-refractivity contribution in [3.05, 3.63) is 39.6 Å². The van der Waals surface area contributed by atoms with Gasteiger partial charge in [-0.05, 0) is 17.7 Å². The summed E-state index contributed by atoms with van der Waals surface area (Å²) in [4.78, 5) is 0.791. The first-order valence-corrected chi connectivity index (χ1v) is 9.63. The molecule has 0 bridgehead atoms. The molecular weight excluding hydrogens is 373 g/mol. The van der Waals surface area contributed by atoms with Crippen molar-refractivity contribution in [3.63, 3.8) is 0 Å². The molecule has 0 amide bonds. The number of benzene rings is 1. The van der Waals surface area contributed by atoms with E-state index in [0.717, 1.165) is 26.4 Å². The third-order valence-electron chi connectivity index (χ3n) is 3.50. The van der Waals surface area contributed by atoms with Crippen molar-refractivity contribution in [2.45, 2.75) is 30.0 Å². The Morgan fingerprint density at radius 3 is 2.78 bits per heavy atom. The zero-order valence-electron chi connectivity index (χ0n) is 12.7. The van der Waals surface area contributed by atoms with Crippen molar-refractivity contribution in [2.24, 2.45) is 5.92 Å². The summed E-state index contributed by atoms with van der Waals surface area (Å²) in [5.41, 5.74) is 5.19. The van der Waals surface area contributed by atoms with Gasteiger partial charge in [-0.2, -0.15) is 4.52 Å². The molecule has 0 spiro atoms. The zero-order chi connectivity index (χ0) is 16.6. The number of fused-ring (bicyclic) bond motifs is 1. The van der Waals surface area contributed by atoms with E-state index in [9.17, 15) is 0 Å². The van der Waals surface area contributed by atoms with E-state index in [1.165, 1.54) is 11.3 Å². The molecule has 1 atom stereocenters. The number of aromatic nitrogens is 4. The Kier molecular flexibility index (Phi) is 5.13. The molecule has 5 nitrogen and oxygen atoms in total. The normalized spacial score (nSPS) is 13.1. The minimum absolute atomic E-state index is 0.0654. The predicted octanol–water partition coefficient (Wildman–Crippen LogP) is 3.72. The van der Waals surface area contributed by atoms with Gasteiger partial charge in [0.1, 0.15) is 6.04 Å². The van der Waals surface area contributed by atoms with Crippen molar-refractivity contribution in [3.8, 4) is 0 Å². The van der Waals surface area contributed by atoms with Crippen LogP contribution >= 0.6 is 46.3 Å². The average molecular weight is 389 g/mol. The van der Waals surface area contributed by atoms with E-state index in [0.29, 0.717) is 16.0 Å². The standard InChI is InChI=1S/C14H15Cl2N5S2/c1-7(2)11(17)12-18-19-13-21(12)20-14(23-13)22-6-8-3-4-9(15)5-10(8)16/h3-5,7,11H,6,17H2,1-2H3/p+1/t11-/m0/s1. The highest BCUT2D eigenvalue weighted by Crippen LogP contribution is 2.31. The number of thioether (sulfide) groups is 1. The molecule has 2 aromatic heterocycles. The second-order valence-electron chi connectivity index (χ2n) is 5.50. The lowest BCUT2D eigenvalue weighted by atomic mass is 10.1. The van der Waals surface area contributed by atoms with Crippen LogP contribution in [-0.4, -0.2) is 19.8 Å². The number of hydrogen-bond acceptors (Lipinski definition) is 5. The first-order chi connectivity index (χ1) is 11.0. The molecule has 0 aliphatic carbocycles. The van der Waals surface area contributed by atoms with Gasteiger partial charge in [0.05, 0.1) is 0 Å². The Balaban J connectivity index is 1.79. The van der Waals surface area contributed by atoms with Gasteiger partial charge in [0.25, 0.3) is 0 Å². The quantitative estimate of drug-likeness (QED) is 0.675. The molecular formula is C14H16Cl2N5S2+. The Bertz CT molecular complexity index is 830. The maximum Gasteiger partial charge on any atom is 0.235 e. The van der Waals surface area contributed by atoms with E-state index >= 15 is 0 Å². The smallest absolute Gasteiger partial charge is 0.235 e. The molecule has 2 heterocycles. The average Bonchev–Trinajstić information content (AvgIpc) is 3.05. The lowest BCUT2D eigenvalue weighted by molar-refractivity contribution is -0.440. The fourth-order valence-electron chi connectivity index (χ4n) is 1.98. The van der Waals surface area contributed by atoms with Crippen molar-refractivity contribution < 1.29 is 5.73 Å². The van der Waals surface area contributed by atoms with Gasteiger partial charge in [-0.25, -0.2) is 0 Å². The van der Waals surface area contributed by atoms with Gasteiger partial charge in [-0.1, -0.05) is 66.2 Å². The monoisotopic (exact) mass is 388 g/mol. The largest absolute Gasteiger partial charge is 0.348 e. The molecule has 23 heavy (non-hydrogen) atoms. The summed E-state index contributed by atoms with van der Waals surface area (Å²) < 4.78 is 2.73. The number of hydrogen-bond donors (Lipinski definition) is 1. The molecule has 0 saturated carbocycles. The first-order valence-electron chi connectivity index (χ1n) is 7.07. The summed E-state index contributed by atoms with van der Waals surface area (Å²) >= 11 is 15.3. The SMILES string of the molecule is CC(C)[C@H]([NH3+])c1nnc2sc(SCc3ccc(Cl)cc3Cl)nn12. The van der Waals surface area contributed by atoms with Crippen molar-refractivity contribution in [2.75, 3.05) is 0 Å². The topological polar surface area (TPSA) is 70.7 Å². The van der Waals surface area contributed by atoms with E-state index in [-0.39, 0.29) is 6.04 Å². The van der Waals surface area contributed by atoms with E-state index < -0.39 is 0 Å². The highest BCUT2D eigenvalue weighted by molar-refractivity contribution is 8.00. The van der Waals surface area contributed by atoms with Crippen LogP contribution in [0.15, 0.2) is 22.5 Å². The molecule has 0 fully saturated rings. The summed E-state index contributed by atoms with van der Waals surface area (Å²) in [6.07, 6.45) is 0. The number of rotatable bonds is 5. The fraction of sp³-hybridized carbons (Fsp3) is 0.357. The third-order valence-corrected chi connectivity index (χ3v) is 6.17. The van der Waals surface area contributed by atoms with Crippen LogP contribution in [0.3, 0.4) is 0 Å². The van der Waals surface area contributed by atoms with Crippen LogP contribution in [0, 0.1) is 5.92 Å². The number of quaternary nitrogens is 1. The van der Waals surface area contributed by atoms with E-state index in [1.807, 2.05) is 12.1 Å². The third kappa shape index (κ3) is 3.64. The minimum Gasteiger partial charge on any atom is -0.348 e. The Labute approximate surface area is 152 Å². The van der Waals surface area contributed by atoms with Crippen molar-refractivity contribution in [1.29, 1.82) is 0 Å². The lowest BCUT2D eigenvalue weighted by Gasteiger charge is -2.08. The maximum atomic E-state index is 6.20. The summed E-state index contributed by atoms with van der Waals surface area (Å²) in [6, 6.07) is 5.60. The van der Waals surface area contributed by atoms with Crippen LogP contribution in [0.25, 0.3) is 4.96 Å². The van der Waals surface area contributed by atoms with Crippen LogP contribution in [0.4, 0.5) is 0 Å². The van der Waals surface area contributed by atoms with Crippen LogP contribution in [0.1, 0.15) is 31.3 Å². The summed E-state index contributed by atoms with van der Waals surface area (Å²) in [6.45, 7) is 4.23. The van der Waals surface area contributed by atoms with Gasteiger partial charge in [0, 0.05) is 21.7 Å². The summed E-state index contributed by atoms with van der Waals surface area (Å²) in [7, 11) is 0. The van der Waals surface area contributed by atoms with Gasteiger partial charge in [-0.3, -0.25) is 0 Å². The van der Waals surface area contributed by atoms with Gasteiger partial charge in [0.2, 0.25) is 10.8 Å². The molecule has 0 unspecified atom stereocenters. The minimum atomic E-state index is 0.0654. The van der Waals surface area contributed by atoms with Crippen molar-refractivity contribution in [1.82, 2.24) is 19.8 Å². The van der Waals surface area contributed by atoms with Crippen LogP contribution in [-0.2, 0) is 5.75 Å². The molecule has 0 saturated heterocycles. The summed E-state index contributed by atoms with van der Waals surface area (Å²) in [5, 5.41) is 14.3. The molecule has 122 valence electrons. The van der Waals surface area contributed by atoms with Gasteiger partial charge >= 0.3 is 0 Å². The highest BCUT2D eigenvalue weighted by atomic mass is 35.5. The summed E-state index contributed by atoms with van der Waals surface area (Å²) in [5.74, 6) is 1.92. The van der Waals surface area contributed by atoms with Crippen LogP contribution in [0.2, 0.25) is 10.0 Å². The molecule has 0 aliphatic rings. The van der Waals surface area contributed by atoms with Gasteiger partial charge in [0.15, 0.2) is 4.34 Å². The van der Waals surface area contributed by atoms with Crippen LogP contribution in [0.5, 0.6) is 0 Å². The molecule has 3 aromatic rings. The Hall–Kier alpha value is -0.860. The Morgan fingerprint density at radius 2 is 2.09 bits per heavy atom. The first kappa shape index (κ1) is 17.0. The van der Waals surface area contributed by atoms with Gasteiger partial charge < -0.3 is 5.73 Å². The lowest BCUT2D eigenvalue weighted by Crippen LogP contribution is -2.56. The van der Waals surface area contributed by atoms with Crippen LogP contribution < -0.4 is 5.73 Å². The molecule has 0 aliphatic heterocycles. The number of halogens is 2. The maximum absolute atomic E-state index is 6.20. The Morgan fingerprint density at radius 1 is 1.30 bits per heavy atom. The van der Waals surface area contributed by atoms with Gasteiger partial charge in [-0.15, -0.1) is 15.3 Å². The molecule has 9 heteroatoms. The molecule has 0 radical (unpaired) electrons. The van der Waals surface area contributed by atoms with E-state index in [1.54, 1.807) is 22.3 Å². The zero-order valence-corrected chi connectivity index (χ0v) is 15.8. The molecule has 3 rings (SSSR count). The van der Waals surface area contributed by atoms with E-state index in [2.05, 4.69) is 34.9 Å². The second kappa shape index (κ2) is 6.94. The molecule has 3 N–H and O–H groups in total.